The Bertz CT molecular complexity index is 1320. The van der Waals surface area contributed by atoms with Gasteiger partial charge in [0, 0.05) is 37.2 Å². The van der Waals surface area contributed by atoms with Gasteiger partial charge in [0.15, 0.2) is 11.5 Å². The number of fused-ring (bicyclic) bond motifs is 1. The second-order valence-corrected chi connectivity index (χ2v) is 8.12. The molecule has 0 bridgehead atoms. The molecule has 1 fully saturated rings. The average Bonchev–Trinajstić information content (AvgIpc) is 3.53. The van der Waals surface area contributed by atoms with E-state index in [-0.39, 0.29) is 18.6 Å². The molecule has 1 saturated heterocycles. The molecule has 1 N–H and O–H groups in total. The minimum absolute atomic E-state index is 0.0347. The van der Waals surface area contributed by atoms with E-state index >= 15 is 0 Å². The molecule has 0 spiro atoms. The lowest BCUT2D eigenvalue weighted by atomic mass is 10.2. The summed E-state index contributed by atoms with van der Waals surface area (Å²) >= 11 is 0. The summed E-state index contributed by atoms with van der Waals surface area (Å²) in [7, 11) is 0. The van der Waals surface area contributed by atoms with Gasteiger partial charge >= 0.3 is 0 Å². The van der Waals surface area contributed by atoms with E-state index in [1.807, 2.05) is 28.8 Å². The highest BCUT2D eigenvalue weighted by Gasteiger charge is 2.22. The van der Waals surface area contributed by atoms with Crippen LogP contribution in [0.15, 0.2) is 48.8 Å². The predicted octanol–water partition coefficient (Wildman–Crippen LogP) is 3.74. The van der Waals surface area contributed by atoms with Crippen molar-refractivity contribution in [1.29, 1.82) is 0 Å². The Balaban J connectivity index is 1.45. The third-order valence-electron chi connectivity index (χ3n) is 5.84. The smallest absolute Gasteiger partial charge is 0.272 e. The summed E-state index contributed by atoms with van der Waals surface area (Å²) in [5.41, 5.74) is 1.87. The molecule has 33 heavy (non-hydrogen) atoms. The molecule has 170 valence electrons. The predicted molar refractivity (Wildman–Crippen MR) is 118 cm³/mol. The van der Waals surface area contributed by atoms with Crippen molar-refractivity contribution in [3.63, 3.8) is 0 Å². The van der Waals surface area contributed by atoms with Crippen molar-refractivity contribution < 1.29 is 18.3 Å². The average molecular weight is 451 g/mol. The number of hydrogen-bond acceptors (Lipinski definition) is 4. The minimum atomic E-state index is -0.617. The Hall–Kier alpha value is -3.59. The zero-order valence-corrected chi connectivity index (χ0v) is 18.1. The van der Waals surface area contributed by atoms with Gasteiger partial charge in [-0.25, -0.2) is 18.7 Å². The lowest BCUT2D eigenvalue weighted by Gasteiger charge is -2.09. The fourth-order valence-electron chi connectivity index (χ4n) is 4.09. The van der Waals surface area contributed by atoms with Gasteiger partial charge in [0.1, 0.15) is 23.2 Å². The maximum atomic E-state index is 14.1. The number of amides is 1. The van der Waals surface area contributed by atoms with Crippen LogP contribution in [0.5, 0.6) is 0 Å². The van der Waals surface area contributed by atoms with Crippen molar-refractivity contribution in [3.8, 4) is 11.5 Å². The molecule has 1 atom stereocenters. The summed E-state index contributed by atoms with van der Waals surface area (Å²) < 4.78 is 36.5. The second-order valence-electron chi connectivity index (χ2n) is 8.12. The number of hydrogen-bond donors (Lipinski definition) is 1. The highest BCUT2D eigenvalue weighted by molar-refractivity contribution is 6.00. The highest BCUT2D eigenvalue weighted by Crippen LogP contribution is 2.24. The van der Waals surface area contributed by atoms with Crippen molar-refractivity contribution in [1.82, 2.24) is 24.3 Å². The van der Waals surface area contributed by atoms with E-state index in [1.54, 1.807) is 17.7 Å². The van der Waals surface area contributed by atoms with Crippen LogP contribution in [-0.2, 0) is 11.3 Å². The number of nitrogens with zero attached hydrogens (tertiary/aromatic N) is 4. The summed E-state index contributed by atoms with van der Waals surface area (Å²) in [6.45, 7) is 3.16. The molecule has 4 aromatic rings. The lowest BCUT2D eigenvalue weighted by Crippen LogP contribution is -2.32. The molecule has 0 radical (unpaired) electrons. The molecular weight excluding hydrogens is 428 g/mol. The summed E-state index contributed by atoms with van der Waals surface area (Å²) in [6.07, 6.45) is 5.55. The van der Waals surface area contributed by atoms with Crippen molar-refractivity contribution >= 4 is 11.4 Å². The van der Waals surface area contributed by atoms with E-state index in [9.17, 15) is 13.6 Å². The van der Waals surface area contributed by atoms with E-state index in [1.165, 1.54) is 12.1 Å². The Morgan fingerprint density at radius 1 is 1.24 bits per heavy atom. The van der Waals surface area contributed by atoms with Gasteiger partial charge in [-0.3, -0.25) is 9.20 Å². The highest BCUT2D eigenvalue weighted by atomic mass is 19.1. The van der Waals surface area contributed by atoms with Crippen LogP contribution in [0.1, 0.15) is 34.7 Å². The standard InChI is InChI=1S/C24H23F2N5O2/c1-15-28-20(14-30(15)13-16-7-8-17(25)11-19(16)26)23-29-22(21-6-2-3-9-31(21)23)24(32)27-12-18-5-4-10-33-18/h2-3,6-9,11,14,18H,4-5,10,12-13H2,1H3,(H,27,32)/t18-/m1/s1. The van der Waals surface area contributed by atoms with E-state index in [4.69, 9.17) is 4.74 Å². The summed E-state index contributed by atoms with van der Waals surface area (Å²) in [5, 5.41) is 2.92. The first-order valence-electron chi connectivity index (χ1n) is 10.8. The number of halogens is 2. The van der Waals surface area contributed by atoms with Crippen molar-refractivity contribution in [2.75, 3.05) is 13.2 Å². The number of rotatable bonds is 6. The third kappa shape index (κ3) is 4.23. The van der Waals surface area contributed by atoms with E-state index in [0.717, 1.165) is 25.5 Å². The third-order valence-corrected chi connectivity index (χ3v) is 5.84. The summed E-state index contributed by atoms with van der Waals surface area (Å²) in [4.78, 5) is 22.1. The molecular formula is C24H23F2N5O2. The first kappa shape index (κ1) is 21.3. The van der Waals surface area contributed by atoms with Crippen molar-refractivity contribution in [2.24, 2.45) is 0 Å². The fourth-order valence-corrected chi connectivity index (χ4v) is 4.09. The van der Waals surface area contributed by atoms with Crippen LogP contribution in [0.4, 0.5) is 8.78 Å². The zero-order chi connectivity index (χ0) is 22.9. The number of carbonyl (C=O) groups is 1. The Labute approximate surface area is 189 Å². The van der Waals surface area contributed by atoms with Gasteiger partial charge in [-0.05, 0) is 38.0 Å². The molecule has 1 amide bonds. The number of aromatic nitrogens is 4. The number of carbonyl (C=O) groups excluding carboxylic acids is 1. The van der Waals surface area contributed by atoms with E-state index < -0.39 is 11.6 Å². The van der Waals surface area contributed by atoms with Gasteiger partial charge in [-0.15, -0.1) is 0 Å². The van der Waals surface area contributed by atoms with Crippen LogP contribution in [0.25, 0.3) is 17.0 Å². The number of aryl methyl sites for hydroxylation is 1. The lowest BCUT2D eigenvalue weighted by molar-refractivity contribution is 0.0855. The Morgan fingerprint density at radius 2 is 2.12 bits per heavy atom. The number of imidazole rings is 2. The molecule has 1 aromatic carbocycles. The minimum Gasteiger partial charge on any atom is -0.376 e. The van der Waals surface area contributed by atoms with E-state index in [0.29, 0.717) is 40.7 Å². The van der Waals surface area contributed by atoms with Crippen LogP contribution in [0.2, 0.25) is 0 Å². The SMILES string of the molecule is Cc1nc(-c2nc(C(=O)NC[C@H]3CCCO3)c3ccccn23)cn1Cc1ccc(F)cc1F. The molecule has 3 aromatic heterocycles. The Kier molecular flexibility index (Phi) is 5.63. The van der Waals surface area contributed by atoms with Crippen LogP contribution in [-0.4, -0.2) is 44.1 Å². The number of pyridine rings is 1. The van der Waals surface area contributed by atoms with Crippen LogP contribution >= 0.6 is 0 Å². The van der Waals surface area contributed by atoms with Gasteiger partial charge in [0.25, 0.3) is 5.91 Å². The first-order chi connectivity index (χ1) is 16.0. The molecule has 0 saturated carbocycles. The zero-order valence-electron chi connectivity index (χ0n) is 18.1. The topological polar surface area (TPSA) is 73.4 Å². The fraction of sp³-hybridized carbons (Fsp3) is 0.292. The molecule has 5 rings (SSSR count). The summed E-state index contributed by atoms with van der Waals surface area (Å²) in [6, 6.07) is 9.05. The second kappa shape index (κ2) is 8.74. The van der Waals surface area contributed by atoms with Gasteiger partial charge in [0.2, 0.25) is 0 Å². The molecule has 0 aliphatic carbocycles. The van der Waals surface area contributed by atoms with Crippen molar-refractivity contribution in [3.05, 3.63) is 77.5 Å². The number of nitrogens with one attached hydrogen (secondary N) is 1. The normalized spacial score (nSPS) is 15.9. The van der Waals surface area contributed by atoms with Gasteiger partial charge in [-0.2, -0.15) is 0 Å². The van der Waals surface area contributed by atoms with Crippen LogP contribution < -0.4 is 5.32 Å². The molecule has 7 nitrogen and oxygen atoms in total. The molecule has 1 aliphatic heterocycles. The first-order valence-corrected chi connectivity index (χ1v) is 10.8. The van der Waals surface area contributed by atoms with Gasteiger partial charge in [0.05, 0.1) is 18.2 Å². The van der Waals surface area contributed by atoms with Crippen LogP contribution in [0.3, 0.4) is 0 Å². The maximum absolute atomic E-state index is 14.1. The molecule has 9 heteroatoms. The van der Waals surface area contributed by atoms with Gasteiger partial charge < -0.3 is 14.6 Å². The maximum Gasteiger partial charge on any atom is 0.272 e. The number of benzene rings is 1. The molecule has 1 aliphatic rings. The monoisotopic (exact) mass is 451 g/mol. The van der Waals surface area contributed by atoms with Crippen molar-refractivity contribution in [2.45, 2.75) is 32.4 Å². The summed E-state index contributed by atoms with van der Waals surface area (Å²) in [5.74, 6) is -0.348. The quantitative estimate of drug-likeness (QED) is 0.485. The van der Waals surface area contributed by atoms with E-state index in [2.05, 4.69) is 15.3 Å². The van der Waals surface area contributed by atoms with Gasteiger partial charge in [-0.1, -0.05) is 12.1 Å². The largest absolute Gasteiger partial charge is 0.376 e. The molecule has 4 heterocycles. The Morgan fingerprint density at radius 3 is 2.91 bits per heavy atom. The molecule has 0 unspecified atom stereocenters. The number of ether oxygens (including phenoxy) is 1. The van der Waals surface area contributed by atoms with Crippen LogP contribution in [0, 0.1) is 18.6 Å².